The second kappa shape index (κ2) is 4.87. The molecular weight excluding hydrogens is 265 g/mol. The molecular formula is C11H9F3N2O3. The number of amides is 1. The molecule has 1 N–H and O–H groups in total. The van der Waals surface area contributed by atoms with Gasteiger partial charge in [0.2, 0.25) is 11.9 Å². The smallest absolute Gasteiger partial charge is 0.237 e. The molecule has 1 aliphatic rings. The Kier molecular flexibility index (Phi) is 3.41. The van der Waals surface area contributed by atoms with Crippen LogP contribution in [0.25, 0.3) is 0 Å². The molecule has 0 spiro atoms. The van der Waals surface area contributed by atoms with Gasteiger partial charge in [0, 0.05) is 23.0 Å². The molecule has 1 fully saturated rings. The molecule has 1 heterocycles. The summed E-state index contributed by atoms with van der Waals surface area (Å²) in [5.74, 6) is -5.37. The van der Waals surface area contributed by atoms with Gasteiger partial charge in [-0.3, -0.25) is 14.9 Å². The average Bonchev–Trinajstić information content (AvgIpc) is 2.33. The zero-order valence-corrected chi connectivity index (χ0v) is 9.53. The molecule has 0 aromatic heterocycles. The predicted molar refractivity (Wildman–Crippen MR) is 57.5 cm³/mol. The Hall–Kier alpha value is -2.12. The van der Waals surface area contributed by atoms with Gasteiger partial charge in [-0.25, -0.2) is 13.2 Å². The quantitative estimate of drug-likeness (QED) is 0.502. The zero-order valence-electron chi connectivity index (χ0n) is 9.53. The fourth-order valence-corrected chi connectivity index (χ4v) is 2.13. The van der Waals surface area contributed by atoms with Gasteiger partial charge in [-0.1, -0.05) is 0 Å². The number of carbonyl (C=O) groups is 1. The van der Waals surface area contributed by atoms with Gasteiger partial charge in [0.1, 0.15) is 5.82 Å². The monoisotopic (exact) mass is 274 g/mol. The third-order valence-electron chi connectivity index (χ3n) is 3.09. The summed E-state index contributed by atoms with van der Waals surface area (Å²) in [6.07, 6.45) is -0.340. The van der Waals surface area contributed by atoms with Crippen molar-refractivity contribution in [3.8, 4) is 0 Å². The minimum absolute atomic E-state index is 0.269. The van der Waals surface area contributed by atoms with Gasteiger partial charge in [-0.05, 0) is 6.07 Å². The molecule has 19 heavy (non-hydrogen) atoms. The van der Waals surface area contributed by atoms with Crippen molar-refractivity contribution in [2.45, 2.75) is 18.4 Å². The summed E-state index contributed by atoms with van der Waals surface area (Å²) in [7, 11) is 0. The first kappa shape index (κ1) is 13.3. The molecule has 1 aromatic carbocycles. The Morgan fingerprint density at radius 1 is 1.21 bits per heavy atom. The van der Waals surface area contributed by atoms with Gasteiger partial charge in [0.15, 0.2) is 11.6 Å². The zero-order chi connectivity index (χ0) is 14.2. The minimum Gasteiger partial charge on any atom is -0.349 e. The normalized spacial score (nSPS) is 23.0. The Balaban J connectivity index is 2.44. The van der Waals surface area contributed by atoms with Crippen LogP contribution in [-0.4, -0.2) is 23.4 Å². The van der Waals surface area contributed by atoms with E-state index in [1.54, 1.807) is 0 Å². The van der Waals surface area contributed by atoms with Crippen LogP contribution in [0.15, 0.2) is 12.1 Å². The van der Waals surface area contributed by atoms with E-state index in [9.17, 15) is 28.1 Å². The standard InChI is InChI=1S/C11H9F3N2O3/c12-7-3-9(14)8(13)1-5(7)6-2-11(17)15-4-10(6)16(18)19/h1,3,6,10H,2,4H2,(H,15,17)/t6-,10+/m1/s1. The first-order chi connectivity index (χ1) is 8.90. The largest absolute Gasteiger partial charge is 0.349 e. The summed E-state index contributed by atoms with van der Waals surface area (Å²) in [6, 6.07) is -0.365. The van der Waals surface area contributed by atoms with E-state index in [0.29, 0.717) is 12.1 Å². The van der Waals surface area contributed by atoms with Crippen molar-refractivity contribution in [3.05, 3.63) is 45.3 Å². The highest BCUT2D eigenvalue weighted by molar-refractivity contribution is 5.78. The van der Waals surface area contributed by atoms with Gasteiger partial charge in [-0.2, -0.15) is 0 Å². The van der Waals surface area contributed by atoms with Crippen molar-refractivity contribution in [2.24, 2.45) is 0 Å². The molecule has 0 bridgehead atoms. The van der Waals surface area contributed by atoms with E-state index >= 15 is 0 Å². The summed E-state index contributed by atoms with van der Waals surface area (Å²) >= 11 is 0. The first-order valence-corrected chi connectivity index (χ1v) is 5.44. The lowest BCUT2D eigenvalue weighted by Crippen LogP contribution is -2.47. The van der Waals surface area contributed by atoms with Gasteiger partial charge in [0.25, 0.3) is 0 Å². The first-order valence-electron chi connectivity index (χ1n) is 5.44. The number of benzene rings is 1. The van der Waals surface area contributed by atoms with Gasteiger partial charge in [-0.15, -0.1) is 0 Å². The van der Waals surface area contributed by atoms with E-state index in [1.807, 2.05) is 0 Å². The van der Waals surface area contributed by atoms with Gasteiger partial charge >= 0.3 is 0 Å². The number of nitrogens with one attached hydrogen (secondary N) is 1. The van der Waals surface area contributed by atoms with E-state index < -0.39 is 40.2 Å². The second-order valence-electron chi connectivity index (χ2n) is 4.26. The maximum absolute atomic E-state index is 13.6. The number of hydrogen-bond donors (Lipinski definition) is 1. The molecule has 0 unspecified atom stereocenters. The van der Waals surface area contributed by atoms with Crippen molar-refractivity contribution >= 4 is 5.91 Å². The minimum atomic E-state index is -1.38. The van der Waals surface area contributed by atoms with Crippen molar-refractivity contribution in [3.63, 3.8) is 0 Å². The van der Waals surface area contributed by atoms with Crippen molar-refractivity contribution < 1.29 is 22.9 Å². The number of carbonyl (C=O) groups excluding carboxylic acids is 1. The SMILES string of the molecule is O=C1C[C@H](c2cc(F)c(F)cc2F)[C@@H]([N+](=O)[O-])CN1. The Morgan fingerprint density at radius 3 is 2.47 bits per heavy atom. The molecule has 1 aliphatic heterocycles. The number of rotatable bonds is 2. The Bertz CT molecular complexity index is 550. The maximum Gasteiger partial charge on any atom is 0.237 e. The van der Waals surface area contributed by atoms with E-state index in [0.717, 1.165) is 0 Å². The van der Waals surface area contributed by atoms with Crippen LogP contribution in [0.2, 0.25) is 0 Å². The maximum atomic E-state index is 13.6. The lowest BCUT2D eigenvalue weighted by atomic mass is 9.85. The summed E-state index contributed by atoms with van der Waals surface area (Å²) in [6.45, 7) is -0.269. The Morgan fingerprint density at radius 2 is 1.84 bits per heavy atom. The second-order valence-corrected chi connectivity index (χ2v) is 4.26. The van der Waals surface area contributed by atoms with Crippen LogP contribution in [0.3, 0.4) is 0 Å². The van der Waals surface area contributed by atoms with Crippen molar-refractivity contribution in [2.75, 3.05) is 6.54 Å². The van der Waals surface area contributed by atoms with Crippen LogP contribution in [-0.2, 0) is 4.79 Å². The number of hydrogen-bond acceptors (Lipinski definition) is 3. The lowest BCUT2D eigenvalue weighted by Gasteiger charge is -2.26. The molecule has 2 atom stereocenters. The predicted octanol–water partition coefficient (Wildman–Crippen LogP) is 1.35. The molecule has 0 aliphatic carbocycles. The topological polar surface area (TPSA) is 72.2 Å². The van der Waals surface area contributed by atoms with Crippen molar-refractivity contribution in [1.82, 2.24) is 5.32 Å². The molecule has 8 heteroatoms. The van der Waals surface area contributed by atoms with E-state index in [2.05, 4.69) is 5.32 Å². The number of nitro groups is 1. The van der Waals surface area contributed by atoms with Crippen LogP contribution >= 0.6 is 0 Å². The fraction of sp³-hybridized carbons (Fsp3) is 0.364. The molecule has 0 saturated carbocycles. The van der Waals surface area contributed by atoms with Crippen LogP contribution in [0.5, 0.6) is 0 Å². The summed E-state index contributed by atoms with van der Waals surface area (Å²) in [5, 5.41) is 13.2. The molecule has 1 aromatic rings. The van der Waals surface area contributed by atoms with Crippen LogP contribution < -0.4 is 5.32 Å². The van der Waals surface area contributed by atoms with E-state index in [4.69, 9.17) is 0 Å². The highest BCUT2D eigenvalue weighted by Gasteiger charge is 2.40. The highest BCUT2D eigenvalue weighted by Crippen LogP contribution is 2.31. The molecule has 1 amide bonds. The van der Waals surface area contributed by atoms with Gasteiger partial charge < -0.3 is 5.32 Å². The number of nitrogens with zero attached hydrogens (tertiary/aromatic N) is 1. The van der Waals surface area contributed by atoms with Crippen LogP contribution in [0.4, 0.5) is 13.2 Å². The fourth-order valence-electron chi connectivity index (χ4n) is 2.13. The summed E-state index contributed by atoms with van der Waals surface area (Å²) in [4.78, 5) is 21.5. The third kappa shape index (κ3) is 2.51. The van der Waals surface area contributed by atoms with E-state index in [-0.39, 0.29) is 18.5 Å². The molecule has 5 nitrogen and oxygen atoms in total. The molecule has 0 radical (unpaired) electrons. The lowest BCUT2D eigenvalue weighted by molar-refractivity contribution is -0.525. The number of halogens is 3. The summed E-state index contributed by atoms with van der Waals surface area (Å²) in [5.41, 5.74) is -0.351. The third-order valence-corrected chi connectivity index (χ3v) is 3.09. The molecule has 102 valence electrons. The van der Waals surface area contributed by atoms with Crippen LogP contribution in [0, 0.1) is 27.6 Å². The molecule has 2 rings (SSSR count). The Labute approximate surface area is 105 Å². The summed E-state index contributed by atoms with van der Waals surface area (Å²) < 4.78 is 39.6. The highest BCUT2D eigenvalue weighted by atomic mass is 19.2. The van der Waals surface area contributed by atoms with Gasteiger partial charge in [0.05, 0.1) is 12.5 Å². The average molecular weight is 274 g/mol. The van der Waals surface area contributed by atoms with Crippen LogP contribution in [0.1, 0.15) is 17.9 Å². The molecule has 1 saturated heterocycles. The number of piperidine rings is 1. The van der Waals surface area contributed by atoms with E-state index in [1.165, 1.54) is 0 Å². The van der Waals surface area contributed by atoms with Crippen molar-refractivity contribution in [1.29, 1.82) is 0 Å².